The number of rotatable bonds is 2. The Morgan fingerprint density at radius 1 is 0.652 bits per heavy atom. The first-order valence-corrected chi connectivity index (χ1v) is 17.2. The maximum absolute atomic E-state index is 2.55. The van der Waals surface area contributed by atoms with Crippen LogP contribution in [0.2, 0.25) is 8.35 Å². The van der Waals surface area contributed by atoms with Crippen LogP contribution < -0.4 is 0 Å². The van der Waals surface area contributed by atoms with Crippen molar-refractivity contribution in [3.8, 4) is 0 Å². The fraction of sp³-hybridized carbons (Fsp3) is 0.200. The molecule has 3 aliphatic rings. The van der Waals surface area contributed by atoms with E-state index >= 15 is 0 Å². The van der Waals surface area contributed by atoms with Gasteiger partial charge in [-0.15, -0.1) is 34.0 Å². The van der Waals surface area contributed by atoms with Gasteiger partial charge in [0.25, 0.3) is 0 Å². The molecule has 5 rings (SSSR count). The van der Waals surface area contributed by atoms with Crippen molar-refractivity contribution in [2.24, 2.45) is 0 Å². The Kier molecular flexibility index (Phi) is 5.02. The second kappa shape index (κ2) is 6.57. The maximum atomic E-state index is 2.55. The molecule has 2 aromatic carbocycles. The van der Waals surface area contributed by atoms with Gasteiger partial charge in [0.2, 0.25) is 0 Å². The molecule has 23 heavy (non-hydrogen) atoms. The number of benzene rings is 2. The van der Waals surface area contributed by atoms with Crippen LogP contribution in [0.5, 0.6) is 0 Å². The molecule has 2 atom stereocenters. The van der Waals surface area contributed by atoms with Gasteiger partial charge in [0.1, 0.15) is 0 Å². The van der Waals surface area contributed by atoms with Crippen LogP contribution in [0.25, 0.3) is 12.2 Å². The summed E-state index contributed by atoms with van der Waals surface area (Å²) < 4.78 is 4.77. The average Bonchev–Trinajstić information content (AvgIpc) is 3.03. The predicted octanol–water partition coefficient (Wildman–Crippen LogP) is 6.68. The molecule has 2 unspecified atom stereocenters. The zero-order valence-corrected chi connectivity index (χ0v) is 19.8. The summed E-state index contributed by atoms with van der Waals surface area (Å²) in [7, 11) is 0. The summed E-state index contributed by atoms with van der Waals surface area (Å²) in [6.07, 6.45) is 9.86. The molecule has 2 aromatic rings. The van der Waals surface area contributed by atoms with Gasteiger partial charge in [-0.2, -0.15) is 0 Å². The monoisotopic (exact) mass is 598 g/mol. The van der Waals surface area contributed by atoms with E-state index in [2.05, 4.69) is 72.8 Å². The summed E-state index contributed by atoms with van der Waals surface area (Å²) in [6.45, 7) is 0. The molecule has 0 N–H and O–H groups in total. The van der Waals surface area contributed by atoms with Gasteiger partial charge in [0, 0.05) is 0 Å². The molecule has 0 amide bonds. The second-order valence-electron chi connectivity index (χ2n) is 6.66. The Balaban J connectivity index is 0.000000781. The van der Waals surface area contributed by atoms with E-state index in [-0.39, 0.29) is 34.0 Å². The zero-order valence-electron chi connectivity index (χ0n) is 12.8. The van der Waals surface area contributed by atoms with Crippen LogP contribution >= 0.6 is 34.0 Å². The van der Waals surface area contributed by atoms with Gasteiger partial charge in [-0.3, -0.25) is 0 Å². The van der Waals surface area contributed by atoms with E-state index in [9.17, 15) is 0 Å². The minimum absolute atomic E-state index is 0. The minimum atomic E-state index is -2.27. The standard InChI is InChI=1S/2C9H7.C2H4.2BrH.Hf/c2*1-2-5-9-7-3-6-8(9)4-1;1-2;;;/h2*1-7H;1-2H2;2*1H;. The van der Waals surface area contributed by atoms with Gasteiger partial charge >= 0.3 is 131 Å². The van der Waals surface area contributed by atoms with Crippen molar-refractivity contribution in [3.05, 3.63) is 82.9 Å². The number of hydrogen-bond acceptors (Lipinski definition) is 0. The quantitative estimate of drug-likeness (QED) is 0.339. The predicted molar refractivity (Wildman–Crippen MR) is 107 cm³/mol. The normalized spacial score (nSPS) is 24.3. The number of allylic oxidation sites excluding steroid dienone is 2. The van der Waals surface area contributed by atoms with Crippen LogP contribution in [0.4, 0.5) is 0 Å². The van der Waals surface area contributed by atoms with Crippen LogP contribution in [0, 0.1) is 0 Å². The van der Waals surface area contributed by atoms with E-state index in [1.807, 2.05) is 0 Å². The van der Waals surface area contributed by atoms with E-state index in [0.29, 0.717) is 0 Å². The molecule has 1 fully saturated rings. The van der Waals surface area contributed by atoms with E-state index in [0.717, 1.165) is 7.35 Å². The van der Waals surface area contributed by atoms with Crippen LogP contribution in [0.15, 0.2) is 60.7 Å². The molecule has 0 spiro atoms. The summed E-state index contributed by atoms with van der Waals surface area (Å²) >= 11 is -2.27. The molecule has 0 saturated carbocycles. The third kappa shape index (κ3) is 2.63. The molecule has 0 nitrogen and oxygen atoms in total. The van der Waals surface area contributed by atoms with Gasteiger partial charge in [-0.05, 0) is 0 Å². The van der Waals surface area contributed by atoms with Gasteiger partial charge in [-0.25, -0.2) is 0 Å². The average molecular weight is 599 g/mol. The molecule has 0 radical (unpaired) electrons. The van der Waals surface area contributed by atoms with Crippen LogP contribution in [0.1, 0.15) is 29.6 Å². The van der Waals surface area contributed by atoms with Crippen LogP contribution in [-0.2, 0) is 20.0 Å². The third-order valence-electron chi connectivity index (χ3n) is 5.66. The van der Waals surface area contributed by atoms with Crippen LogP contribution in [0.3, 0.4) is 0 Å². The Morgan fingerprint density at radius 2 is 1.09 bits per heavy atom. The van der Waals surface area contributed by atoms with Crippen LogP contribution in [-0.4, -0.2) is 0 Å². The van der Waals surface area contributed by atoms with Crippen molar-refractivity contribution in [1.29, 1.82) is 0 Å². The van der Waals surface area contributed by atoms with Crippen molar-refractivity contribution in [3.63, 3.8) is 0 Å². The number of fused-ring (bicyclic) bond motifs is 2. The fourth-order valence-corrected chi connectivity index (χ4v) is 29.6. The van der Waals surface area contributed by atoms with Crippen molar-refractivity contribution in [2.45, 2.75) is 15.7 Å². The topological polar surface area (TPSA) is 0 Å². The van der Waals surface area contributed by atoms with Crippen molar-refractivity contribution in [2.75, 3.05) is 0 Å². The van der Waals surface area contributed by atoms with E-state index < -0.39 is 20.0 Å². The molecule has 1 heterocycles. The van der Waals surface area contributed by atoms with Crippen molar-refractivity contribution >= 4 is 46.1 Å². The third-order valence-corrected chi connectivity index (χ3v) is 24.1. The van der Waals surface area contributed by atoms with E-state index in [1.54, 1.807) is 19.5 Å². The Hall–Kier alpha value is -0.250. The first-order chi connectivity index (χ1) is 10.4. The molecule has 0 aromatic heterocycles. The Labute approximate surface area is 163 Å². The first-order valence-electron chi connectivity index (χ1n) is 7.93. The van der Waals surface area contributed by atoms with Gasteiger partial charge in [0.05, 0.1) is 0 Å². The summed E-state index contributed by atoms with van der Waals surface area (Å²) in [5.41, 5.74) is 6.22. The number of halogens is 2. The van der Waals surface area contributed by atoms with Crippen molar-refractivity contribution < 1.29 is 20.0 Å². The molecular formula is C20H20Br2Hf. The molecule has 2 aliphatic carbocycles. The zero-order chi connectivity index (χ0) is 13.9. The summed E-state index contributed by atoms with van der Waals surface area (Å²) in [4.78, 5) is 0. The summed E-state index contributed by atoms with van der Waals surface area (Å²) in [5, 5.41) is 0. The first kappa shape index (κ1) is 17.6. The number of hydrogen-bond donors (Lipinski definition) is 0. The van der Waals surface area contributed by atoms with Crippen molar-refractivity contribution in [1.82, 2.24) is 0 Å². The molecule has 118 valence electrons. The summed E-state index contributed by atoms with van der Waals surface area (Å²) in [6, 6.07) is 18.1. The molecule has 1 aliphatic heterocycles. The fourth-order valence-electron chi connectivity index (χ4n) is 4.46. The van der Waals surface area contributed by atoms with E-state index in [4.69, 9.17) is 0 Å². The molecular weight excluding hydrogens is 579 g/mol. The molecule has 3 heteroatoms. The Morgan fingerprint density at radius 3 is 1.52 bits per heavy atom. The molecule has 1 saturated heterocycles. The van der Waals surface area contributed by atoms with Gasteiger partial charge in [-0.1, -0.05) is 0 Å². The van der Waals surface area contributed by atoms with E-state index in [1.165, 1.54) is 11.1 Å². The second-order valence-corrected chi connectivity index (χ2v) is 23.6. The molecule has 0 bridgehead atoms. The van der Waals surface area contributed by atoms with Gasteiger partial charge in [0.15, 0.2) is 0 Å². The van der Waals surface area contributed by atoms with Gasteiger partial charge < -0.3 is 0 Å². The SMILES string of the molecule is Br.Br.C1=C[CH]([Hf]2([CH]3C=Cc4ccccc43)[CH2][CH2]2)c2ccccc21. The summed E-state index contributed by atoms with van der Waals surface area (Å²) in [5.74, 6) is 0. The Bertz CT molecular complexity index is 726.